The highest BCUT2D eigenvalue weighted by Gasteiger charge is 2.47. The summed E-state index contributed by atoms with van der Waals surface area (Å²) in [4.78, 5) is 39.9. The van der Waals surface area contributed by atoms with Crippen LogP contribution in [0.15, 0.2) is 72.8 Å². The lowest BCUT2D eigenvalue weighted by Crippen LogP contribution is -2.26. The predicted molar refractivity (Wildman–Crippen MR) is 116 cm³/mol. The number of rotatable bonds is 7. The summed E-state index contributed by atoms with van der Waals surface area (Å²) < 4.78 is 10.8. The van der Waals surface area contributed by atoms with Gasteiger partial charge in [-0.25, -0.2) is 0 Å². The van der Waals surface area contributed by atoms with Crippen molar-refractivity contribution in [1.29, 1.82) is 0 Å². The van der Waals surface area contributed by atoms with Gasteiger partial charge in [0, 0.05) is 23.5 Å². The first-order valence-corrected chi connectivity index (χ1v) is 10.0. The van der Waals surface area contributed by atoms with E-state index in [2.05, 4.69) is 0 Å². The lowest BCUT2D eigenvalue weighted by molar-refractivity contribution is 0.0793. The van der Waals surface area contributed by atoms with Crippen molar-refractivity contribution in [3.8, 4) is 11.5 Å². The number of benzene rings is 3. The minimum atomic E-state index is -0.994. The molecule has 0 amide bonds. The molecule has 1 aliphatic carbocycles. The lowest BCUT2D eigenvalue weighted by atomic mass is 9.82. The number of hydrogen-bond donors (Lipinski definition) is 0. The molecule has 3 aromatic carbocycles. The number of carbonyl (C=O) groups excluding carboxylic acids is 3. The maximum Gasteiger partial charge on any atom is 0.178 e. The zero-order valence-electron chi connectivity index (χ0n) is 17.3. The van der Waals surface area contributed by atoms with E-state index >= 15 is 0 Å². The maximum absolute atomic E-state index is 13.5. The smallest absolute Gasteiger partial charge is 0.178 e. The molecule has 2 atom stereocenters. The molecule has 156 valence electrons. The van der Waals surface area contributed by atoms with Gasteiger partial charge in [-0.2, -0.15) is 0 Å². The zero-order chi connectivity index (χ0) is 22.0. The van der Waals surface area contributed by atoms with Gasteiger partial charge in [0.05, 0.1) is 25.7 Å². The molecule has 0 radical (unpaired) electrons. The van der Waals surface area contributed by atoms with Crippen molar-refractivity contribution in [1.82, 2.24) is 0 Å². The number of methoxy groups -OCH3 is 2. The molecule has 0 heterocycles. The summed E-state index contributed by atoms with van der Waals surface area (Å²) >= 11 is 0. The van der Waals surface area contributed by atoms with Crippen LogP contribution in [0.4, 0.5) is 0 Å². The Morgan fingerprint density at radius 1 is 0.806 bits per heavy atom. The van der Waals surface area contributed by atoms with Gasteiger partial charge in [-0.05, 0) is 11.6 Å². The third-order valence-corrected chi connectivity index (χ3v) is 5.75. The Balaban J connectivity index is 1.81. The highest BCUT2D eigenvalue weighted by Crippen LogP contribution is 2.48. The third-order valence-electron chi connectivity index (χ3n) is 5.75. The van der Waals surface area contributed by atoms with Crippen LogP contribution in [0.3, 0.4) is 0 Å². The van der Waals surface area contributed by atoms with E-state index in [1.54, 1.807) is 60.7 Å². The van der Waals surface area contributed by atoms with E-state index in [0.717, 1.165) is 0 Å². The molecule has 31 heavy (non-hydrogen) atoms. The molecule has 0 fully saturated rings. The van der Waals surface area contributed by atoms with Crippen LogP contribution in [0.1, 0.15) is 49.0 Å². The molecule has 0 saturated heterocycles. The van der Waals surface area contributed by atoms with E-state index in [-0.39, 0.29) is 23.8 Å². The highest BCUT2D eigenvalue weighted by molar-refractivity contribution is 6.21. The lowest BCUT2D eigenvalue weighted by Gasteiger charge is -2.18. The second-order valence-electron chi connectivity index (χ2n) is 7.44. The fraction of sp³-hybridized carbons (Fsp3) is 0.192. The van der Waals surface area contributed by atoms with Crippen LogP contribution in [-0.2, 0) is 0 Å². The molecule has 0 aromatic heterocycles. The topological polar surface area (TPSA) is 69.7 Å². The molecule has 0 spiro atoms. The summed E-state index contributed by atoms with van der Waals surface area (Å²) in [5.74, 6) is -1.62. The first-order chi connectivity index (χ1) is 15.1. The summed E-state index contributed by atoms with van der Waals surface area (Å²) in [7, 11) is 2.95. The van der Waals surface area contributed by atoms with Gasteiger partial charge in [0.15, 0.2) is 28.8 Å². The Morgan fingerprint density at radius 3 is 2.00 bits per heavy atom. The van der Waals surface area contributed by atoms with Gasteiger partial charge in [0.2, 0.25) is 0 Å². The molecular formula is C26H22O5. The van der Waals surface area contributed by atoms with E-state index in [0.29, 0.717) is 33.8 Å². The number of hydrogen-bond acceptors (Lipinski definition) is 5. The van der Waals surface area contributed by atoms with Crippen molar-refractivity contribution in [2.75, 3.05) is 14.2 Å². The van der Waals surface area contributed by atoms with Gasteiger partial charge in [0.1, 0.15) is 0 Å². The molecular weight excluding hydrogens is 392 g/mol. The Hall–Kier alpha value is -3.73. The Bertz CT molecular complexity index is 1140. The quantitative estimate of drug-likeness (QED) is 0.412. The Labute approximate surface area is 180 Å². The van der Waals surface area contributed by atoms with Crippen LogP contribution in [0.25, 0.3) is 0 Å². The highest BCUT2D eigenvalue weighted by atomic mass is 16.5. The van der Waals surface area contributed by atoms with Gasteiger partial charge in [-0.15, -0.1) is 0 Å². The molecule has 0 N–H and O–H groups in total. The van der Waals surface area contributed by atoms with Crippen LogP contribution < -0.4 is 9.47 Å². The summed E-state index contributed by atoms with van der Waals surface area (Å²) in [5, 5.41) is 0. The minimum absolute atomic E-state index is 0.0431. The van der Waals surface area contributed by atoms with Crippen molar-refractivity contribution in [2.45, 2.75) is 12.3 Å². The van der Waals surface area contributed by atoms with Crippen LogP contribution in [-0.4, -0.2) is 31.6 Å². The summed E-state index contributed by atoms with van der Waals surface area (Å²) in [6.07, 6.45) is 0.0431. The SMILES string of the molecule is COc1ccc2c(c1OC)C(=O)C(C(=O)c1ccccc1)C2CC(=O)c1ccccc1. The molecule has 2 unspecified atom stereocenters. The monoisotopic (exact) mass is 414 g/mol. The normalized spacial score (nSPS) is 17.2. The van der Waals surface area contributed by atoms with Gasteiger partial charge in [-0.1, -0.05) is 66.7 Å². The molecule has 0 aliphatic heterocycles. The Kier molecular flexibility index (Phi) is 5.67. The van der Waals surface area contributed by atoms with E-state index in [1.807, 2.05) is 12.1 Å². The molecule has 3 aromatic rings. The van der Waals surface area contributed by atoms with E-state index in [9.17, 15) is 14.4 Å². The minimum Gasteiger partial charge on any atom is -0.493 e. The van der Waals surface area contributed by atoms with Crippen molar-refractivity contribution < 1.29 is 23.9 Å². The van der Waals surface area contributed by atoms with Crippen molar-refractivity contribution in [3.63, 3.8) is 0 Å². The van der Waals surface area contributed by atoms with E-state index < -0.39 is 11.8 Å². The van der Waals surface area contributed by atoms with Gasteiger partial charge < -0.3 is 9.47 Å². The van der Waals surface area contributed by atoms with Crippen LogP contribution in [0, 0.1) is 5.92 Å². The average Bonchev–Trinajstić information content (AvgIpc) is 3.10. The predicted octanol–water partition coefficient (Wildman–Crippen LogP) is 4.76. The summed E-state index contributed by atoms with van der Waals surface area (Å²) in [5.41, 5.74) is 1.95. The molecule has 4 rings (SSSR count). The third kappa shape index (κ3) is 3.63. The largest absolute Gasteiger partial charge is 0.493 e. The fourth-order valence-corrected chi connectivity index (χ4v) is 4.28. The van der Waals surface area contributed by atoms with Crippen molar-refractivity contribution in [2.24, 2.45) is 5.92 Å². The average molecular weight is 414 g/mol. The number of fused-ring (bicyclic) bond motifs is 1. The van der Waals surface area contributed by atoms with Crippen molar-refractivity contribution >= 4 is 17.3 Å². The van der Waals surface area contributed by atoms with Gasteiger partial charge in [-0.3, -0.25) is 14.4 Å². The van der Waals surface area contributed by atoms with Crippen LogP contribution >= 0.6 is 0 Å². The second-order valence-corrected chi connectivity index (χ2v) is 7.44. The van der Waals surface area contributed by atoms with Gasteiger partial charge >= 0.3 is 0 Å². The number of Topliss-reactive ketones (excluding diaryl/α,β-unsaturated/α-hetero) is 3. The zero-order valence-corrected chi connectivity index (χ0v) is 17.3. The Morgan fingerprint density at radius 2 is 1.42 bits per heavy atom. The molecule has 0 saturated carbocycles. The summed E-state index contributed by atoms with van der Waals surface area (Å²) in [6.45, 7) is 0. The second kappa shape index (κ2) is 8.56. The van der Waals surface area contributed by atoms with Gasteiger partial charge in [0.25, 0.3) is 0 Å². The maximum atomic E-state index is 13.5. The first kappa shape index (κ1) is 20.5. The number of ketones is 3. The van der Waals surface area contributed by atoms with Crippen molar-refractivity contribution in [3.05, 3.63) is 95.1 Å². The molecule has 0 bridgehead atoms. The van der Waals surface area contributed by atoms with E-state index in [1.165, 1.54) is 14.2 Å². The summed E-state index contributed by atoms with van der Waals surface area (Å²) in [6, 6.07) is 21.1. The molecule has 1 aliphatic rings. The fourth-order valence-electron chi connectivity index (χ4n) is 4.28. The van der Waals surface area contributed by atoms with E-state index in [4.69, 9.17) is 9.47 Å². The standard InChI is InChI=1S/C26H22O5/c1-30-21-14-13-18-19(15-20(27)16-9-5-3-6-10-16)22(25(29)23(18)26(21)31-2)24(28)17-11-7-4-8-12-17/h3-14,19,22H,15H2,1-2H3. The molecule has 5 heteroatoms. The van der Waals surface area contributed by atoms with Crippen LogP contribution in [0.2, 0.25) is 0 Å². The van der Waals surface area contributed by atoms with Crippen LogP contribution in [0.5, 0.6) is 11.5 Å². The molecule has 5 nitrogen and oxygen atoms in total. The number of carbonyl (C=O) groups is 3. The first-order valence-electron chi connectivity index (χ1n) is 10.0. The number of ether oxygens (including phenoxy) is 2.